The number of ether oxygens (including phenoxy) is 3. The van der Waals surface area contributed by atoms with Crippen LogP contribution in [0.5, 0.6) is 5.75 Å². The summed E-state index contributed by atoms with van der Waals surface area (Å²) in [6, 6.07) is 9.90. The number of piperidine rings is 1. The highest BCUT2D eigenvalue weighted by Gasteiger charge is 2.45. The average molecular weight is 360 g/mol. The Hall–Kier alpha value is -1.63. The van der Waals surface area contributed by atoms with Crippen LogP contribution in [0.15, 0.2) is 30.3 Å². The first-order valence-corrected chi connectivity index (χ1v) is 9.66. The van der Waals surface area contributed by atoms with E-state index < -0.39 is 0 Å². The van der Waals surface area contributed by atoms with Crippen LogP contribution >= 0.6 is 0 Å². The Morgan fingerprint density at radius 2 is 2.00 bits per heavy atom. The zero-order valence-corrected chi connectivity index (χ0v) is 15.3. The van der Waals surface area contributed by atoms with E-state index in [1.807, 2.05) is 35.2 Å². The number of carbonyl (C=O) groups is 1. The van der Waals surface area contributed by atoms with Gasteiger partial charge in [0.15, 0.2) is 0 Å². The van der Waals surface area contributed by atoms with Gasteiger partial charge in [0.2, 0.25) is 5.91 Å². The van der Waals surface area contributed by atoms with Crippen LogP contribution in [-0.2, 0) is 14.3 Å². The first-order valence-electron chi connectivity index (χ1n) is 9.66. The van der Waals surface area contributed by atoms with Crippen LogP contribution in [0.3, 0.4) is 0 Å². The summed E-state index contributed by atoms with van der Waals surface area (Å²) in [7, 11) is 0. The summed E-state index contributed by atoms with van der Waals surface area (Å²) < 4.78 is 17.6. The number of nitrogens with zero attached hydrogens (tertiary/aromatic N) is 2. The molecule has 3 fully saturated rings. The van der Waals surface area contributed by atoms with Crippen molar-refractivity contribution in [2.24, 2.45) is 0 Å². The molecule has 6 heteroatoms. The maximum absolute atomic E-state index is 12.7. The number of morpholine rings is 1. The van der Waals surface area contributed by atoms with E-state index in [0.717, 1.165) is 57.9 Å². The lowest BCUT2D eigenvalue weighted by atomic mass is 9.89. The highest BCUT2D eigenvalue weighted by molar-refractivity contribution is 5.78. The smallest absolute Gasteiger partial charge is 0.236 e. The maximum atomic E-state index is 12.7. The highest BCUT2D eigenvalue weighted by atomic mass is 16.6. The molecule has 26 heavy (non-hydrogen) atoms. The van der Waals surface area contributed by atoms with E-state index in [2.05, 4.69) is 4.90 Å². The number of carbonyl (C=O) groups excluding carboxylic acids is 1. The zero-order chi connectivity index (χ0) is 17.8. The second kappa shape index (κ2) is 7.94. The monoisotopic (exact) mass is 360 g/mol. The van der Waals surface area contributed by atoms with Gasteiger partial charge in [-0.15, -0.1) is 0 Å². The molecule has 0 bridgehead atoms. The van der Waals surface area contributed by atoms with Crippen molar-refractivity contribution in [3.05, 3.63) is 30.3 Å². The van der Waals surface area contributed by atoms with Gasteiger partial charge in [-0.2, -0.15) is 0 Å². The number of benzene rings is 1. The molecule has 4 rings (SSSR count). The molecule has 0 unspecified atom stereocenters. The lowest BCUT2D eigenvalue weighted by molar-refractivity contribution is -0.141. The van der Waals surface area contributed by atoms with E-state index >= 15 is 0 Å². The summed E-state index contributed by atoms with van der Waals surface area (Å²) in [4.78, 5) is 16.9. The van der Waals surface area contributed by atoms with Crippen molar-refractivity contribution in [3.8, 4) is 5.75 Å². The molecule has 3 saturated heterocycles. The molecule has 1 amide bonds. The van der Waals surface area contributed by atoms with Gasteiger partial charge < -0.3 is 19.1 Å². The Labute approximate surface area is 155 Å². The predicted octanol–water partition coefficient (Wildman–Crippen LogP) is 1.55. The molecule has 6 nitrogen and oxygen atoms in total. The van der Waals surface area contributed by atoms with Gasteiger partial charge in [0.1, 0.15) is 11.9 Å². The number of hydrogen-bond acceptors (Lipinski definition) is 5. The molecule has 2 atom stereocenters. The van der Waals surface area contributed by atoms with E-state index in [0.29, 0.717) is 19.7 Å². The van der Waals surface area contributed by atoms with Crippen molar-refractivity contribution < 1.29 is 19.0 Å². The quantitative estimate of drug-likeness (QED) is 0.815. The topological polar surface area (TPSA) is 51.2 Å². The average Bonchev–Trinajstić information content (AvgIpc) is 3.05. The molecular formula is C20H28N2O4. The van der Waals surface area contributed by atoms with Crippen LogP contribution in [0.4, 0.5) is 0 Å². The van der Waals surface area contributed by atoms with Crippen LogP contribution in [-0.4, -0.2) is 80.0 Å². The molecule has 0 aliphatic carbocycles. The number of hydrogen-bond donors (Lipinski definition) is 0. The van der Waals surface area contributed by atoms with Gasteiger partial charge in [-0.25, -0.2) is 0 Å². The molecule has 0 N–H and O–H groups in total. The SMILES string of the molecule is O=C(CN1CCOCC1)N1CCC[C@@]2(C[C@@H](Oc3ccccc3)CO2)C1. The standard InChI is InChI=1S/C20H28N2O4/c23-19(14-21-9-11-24-12-10-21)22-8-4-7-20(16-22)13-18(15-25-20)26-17-5-2-1-3-6-17/h1-3,5-6,18H,4,7-16H2/t18-,20-/m1/s1. The molecule has 0 radical (unpaired) electrons. The van der Waals surface area contributed by atoms with Crippen molar-refractivity contribution >= 4 is 5.91 Å². The fourth-order valence-electron chi connectivity index (χ4n) is 4.22. The van der Waals surface area contributed by atoms with Crippen LogP contribution in [0.1, 0.15) is 19.3 Å². The van der Waals surface area contributed by atoms with Crippen molar-refractivity contribution in [2.45, 2.75) is 31.0 Å². The third-order valence-corrected chi connectivity index (χ3v) is 5.58. The number of rotatable bonds is 4. The minimum Gasteiger partial charge on any atom is -0.488 e. The summed E-state index contributed by atoms with van der Waals surface area (Å²) in [5.41, 5.74) is -0.238. The van der Waals surface area contributed by atoms with E-state index in [1.54, 1.807) is 0 Å². The first kappa shape index (κ1) is 17.8. The molecule has 0 aromatic heterocycles. The van der Waals surface area contributed by atoms with Gasteiger partial charge in [-0.05, 0) is 25.0 Å². The molecule has 1 spiro atoms. The zero-order valence-electron chi connectivity index (χ0n) is 15.3. The Kier molecular flexibility index (Phi) is 5.43. The molecule has 3 aliphatic heterocycles. The third kappa shape index (κ3) is 4.19. The van der Waals surface area contributed by atoms with Crippen molar-refractivity contribution in [1.82, 2.24) is 9.80 Å². The van der Waals surface area contributed by atoms with E-state index in [4.69, 9.17) is 14.2 Å². The third-order valence-electron chi connectivity index (χ3n) is 5.58. The minimum absolute atomic E-state index is 0.0618. The lowest BCUT2D eigenvalue weighted by Gasteiger charge is -2.40. The second-order valence-corrected chi connectivity index (χ2v) is 7.56. The van der Waals surface area contributed by atoms with Gasteiger partial charge in [-0.3, -0.25) is 9.69 Å². The molecule has 3 aliphatic rings. The normalized spacial score (nSPS) is 29.8. The second-order valence-electron chi connectivity index (χ2n) is 7.56. The first-order chi connectivity index (χ1) is 12.7. The Bertz CT molecular complexity index is 605. The maximum Gasteiger partial charge on any atom is 0.236 e. The van der Waals surface area contributed by atoms with Gasteiger partial charge in [0.25, 0.3) is 0 Å². The van der Waals surface area contributed by atoms with Crippen LogP contribution in [0.25, 0.3) is 0 Å². The molecule has 142 valence electrons. The summed E-state index contributed by atoms with van der Waals surface area (Å²) in [6.45, 7) is 5.73. The van der Waals surface area contributed by atoms with Gasteiger partial charge >= 0.3 is 0 Å². The number of likely N-dealkylation sites (tertiary alicyclic amines) is 1. The lowest BCUT2D eigenvalue weighted by Crippen LogP contribution is -2.53. The van der Waals surface area contributed by atoms with E-state index in [1.165, 1.54) is 0 Å². The van der Waals surface area contributed by atoms with E-state index in [-0.39, 0.29) is 17.6 Å². The summed E-state index contributed by atoms with van der Waals surface area (Å²) >= 11 is 0. The highest BCUT2D eigenvalue weighted by Crippen LogP contribution is 2.36. The molecule has 1 aromatic carbocycles. The molecule has 1 aromatic rings. The number of para-hydroxylation sites is 1. The van der Waals surface area contributed by atoms with Crippen LogP contribution in [0.2, 0.25) is 0 Å². The van der Waals surface area contributed by atoms with Crippen molar-refractivity contribution in [3.63, 3.8) is 0 Å². The van der Waals surface area contributed by atoms with Gasteiger partial charge in [0, 0.05) is 32.6 Å². The molecular weight excluding hydrogens is 332 g/mol. The summed E-state index contributed by atoms with van der Waals surface area (Å²) in [6.07, 6.45) is 2.91. The Morgan fingerprint density at radius 1 is 1.19 bits per heavy atom. The van der Waals surface area contributed by atoms with E-state index in [9.17, 15) is 4.79 Å². The summed E-state index contributed by atoms with van der Waals surface area (Å²) in [5, 5.41) is 0. The minimum atomic E-state index is -0.238. The predicted molar refractivity (Wildman–Crippen MR) is 97.2 cm³/mol. The fourth-order valence-corrected chi connectivity index (χ4v) is 4.22. The van der Waals surface area contributed by atoms with Gasteiger partial charge in [-0.1, -0.05) is 18.2 Å². The van der Waals surface area contributed by atoms with Crippen molar-refractivity contribution in [2.75, 3.05) is 52.5 Å². The Balaban J connectivity index is 1.32. The fraction of sp³-hybridized carbons (Fsp3) is 0.650. The largest absolute Gasteiger partial charge is 0.488 e. The summed E-state index contributed by atoms with van der Waals surface area (Å²) in [5.74, 6) is 1.09. The van der Waals surface area contributed by atoms with Crippen LogP contribution < -0.4 is 4.74 Å². The number of amides is 1. The molecule has 3 heterocycles. The van der Waals surface area contributed by atoms with Crippen LogP contribution in [0, 0.1) is 0 Å². The Morgan fingerprint density at radius 3 is 2.81 bits per heavy atom. The molecule has 0 saturated carbocycles. The van der Waals surface area contributed by atoms with Gasteiger partial charge in [0.05, 0.1) is 32.0 Å². The van der Waals surface area contributed by atoms with Crippen molar-refractivity contribution in [1.29, 1.82) is 0 Å².